The number of nitrogens with one attached hydrogen (secondary N) is 2. The third-order valence-electron chi connectivity index (χ3n) is 12.4. The number of aromatic hydroxyl groups is 1. The van der Waals surface area contributed by atoms with Crippen LogP contribution in [0.2, 0.25) is 0 Å². The molecule has 3 aliphatic heterocycles. The highest BCUT2D eigenvalue weighted by Gasteiger charge is 2.43. The van der Waals surface area contributed by atoms with Crippen LogP contribution in [0.4, 0.5) is 10.1 Å². The highest BCUT2D eigenvalue weighted by Crippen LogP contribution is 2.41. The van der Waals surface area contributed by atoms with Crippen LogP contribution in [-0.2, 0) is 38.4 Å². The Labute approximate surface area is 368 Å². The molecule has 2 saturated heterocycles. The SMILES string of the molecule is CC(C)c1nc(C(=O)C2CCOC3(CCN(Cc4cccc(CCOCCC(=O)N(CCNCCc5ccc(O)c6c5OCC(=O)N6)[C@H](C)c5ccccc5)c4F)CC3)C2)cs1. The summed E-state index contributed by atoms with van der Waals surface area (Å²) in [5, 5.41) is 19.2. The summed E-state index contributed by atoms with van der Waals surface area (Å²) in [6.45, 7) is 10.9. The summed E-state index contributed by atoms with van der Waals surface area (Å²) < 4.78 is 33.8. The maximum absolute atomic E-state index is 15.8. The predicted molar refractivity (Wildman–Crippen MR) is 237 cm³/mol. The molecule has 0 aliphatic carbocycles. The van der Waals surface area contributed by atoms with Crippen molar-refractivity contribution in [1.29, 1.82) is 0 Å². The van der Waals surface area contributed by atoms with Gasteiger partial charge in [-0.2, -0.15) is 0 Å². The number of thiazole rings is 1. The van der Waals surface area contributed by atoms with Crippen LogP contribution in [0.15, 0.2) is 66.0 Å². The second-order valence-electron chi connectivity index (χ2n) is 17.0. The van der Waals surface area contributed by atoms with Gasteiger partial charge in [-0.1, -0.05) is 68.4 Å². The molecule has 3 N–H and O–H groups in total. The number of Topliss-reactive ketones (excluding diaryl/α,β-unsaturated/α-hetero) is 1. The zero-order chi connectivity index (χ0) is 43.6. The number of phenols is 1. The molecule has 332 valence electrons. The van der Waals surface area contributed by atoms with Gasteiger partial charge in [0.2, 0.25) is 5.91 Å². The van der Waals surface area contributed by atoms with E-state index in [9.17, 15) is 19.5 Å². The number of piperidine rings is 1. The number of amides is 2. The number of anilines is 1. The molecule has 3 aromatic carbocycles. The van der Waals surface area contributed by atoms with Crippen molar-refractivity contribution >= 4 is 34.6 Å². The summed E-state index contributed by atoms with van der Waals surface area (Å²) in [4.78, 5) is 47.6. The quantitative estimate of drug-likeness (QED) is 0.0494. The first-order chi connectivity index (χ1) is 30.0. The number of phenolic OH excluding ortho intramolecular Hbond substituents is 1. The number of hydrogen-bond donors (Lipinski definition) is 3. The van der Waals surface area contributed by atoms with E-state index in [-0.39, 0.29) is 66.4 Å². The van der Waals surface area contributed by atoms with Gasteiger partial charge in [0, 0.05) is 62.1 Å². The molecule has 0 bridgehead atoms. The zero-order valence-electron chi connectivity index (χ0n) is 36.1. The fourth-order valence-electron chi connectivity index (χ4n) is 8.77. The topological polar surface area (TPSA) is 143 Å². The summed E-state index contributed by atoms with van der Waals surface area (Å²) >= 11 is 1.56. The van der Waals surface area contributed by atoms with Gasteiger partial charge in [-0.25, -0.2) is 9.37 Å². The van der Waals surface area contributed by atoms with Gasteiger partial charge < -0.3 is 34.9 Å². The van der Waals surface area contributed by atoms with E-state index in [1.807, 2.05) is 59.7 Å². The Bertz CT molecular complexity index is 2160. The van der Waals surface area contributed by atoms with Crippen LogP contribution < -0.4 is 15.4 Å². The van der Waals surface area contributed by atoms with Crippen LogP contribution in [0.5, 0.6) is 11.5 Å². The normalized spacial score (nSPS) is 18.0. The van der Waals surface area contributed by atoms with Gasteiger partial charge in [-0.05, 0) is 74.8 Å². The van der Waals surface area contributed by atoms with Gasteiger partial charge >= 0.3 is 0 Å². The third-order valence-corrected chi connectivity index (χ3v) is 13.6. The van der Waals surface area contributed by atoms with Gasteiger partial charge in [0.25, 0.3) is 5.91 Å². The lowest BCUT2D eigenvalue weighted by molar-refractivity contribution is -0.134. The Morgan fingerprint density at radius 3 is 2.60 bits per heavy atom. The smallest absolute Gasteiger partial charge is 0.262 e. The summed E-state index contributed by atoms with van der Waals surface area (Å²) in [7, 11) is 0. The minimum absolute atomic E-state index is 0.0307. The third kappa shape index (κ3) is 11.3. The molecule has 1 spiro atoms. The molecule has 14 heteroatoms. The lowest BCUT2D eigenvalue weighted by Crippen LogP contribution is -2.50. The Morgan fingerprint density at radius 2 is 1.82 bits per heavy atom. The fraction of sp³-hybridized carbons (Fsp3) is 0.500. The van der Waals surface area contributed by atoms with E-state index in [1.54, 1.807) is 29.5 Å². The number of benzene rings is 3. The van der Waals surface area contributed by atoms with Gasteiger partial charge in [-0.3, -0.25) is 19.3 Å². The van der Waals surface area contributed by atoms with Crippen LogP contribution in [0, 0.1) is 11.7 Å². The lowest BCUT2D eigenvalue weighted by Gasteiger charge is -2.46. The van der Waals surface area contributed by atoms with Gasteiger partial charge in [0.05, 0.1) is 36.3 Å². The minimum Gasteiger partial charge on any atom is -0.506 e. The van der Waals surface area contributed by atoms with Crippen LogP contribution in [-0.4, -0.2) is 102 Å². The summed E-state index contributed by atoms with van der Waals surface area (Å²) in [6.07, 6.45) is 4.22. The van der Waals surface area contributed by atoms with Crippen molar-refractivity contribution in [3.63, 3.8) is 0 Å². The Balaban J connectivity index is 0.849. The highest BCUT2D eigenvalue weighted by atomic mass is 32.1. The molecule has 4 heterocycles. The Hall–Kier alpha value is -4.73. The minimum atomic E-state index is -0.326. The molecule has 62 heavy (non-hydrogen) atoms. The van der Waals surface area contributed by atoms with Crippen LogP contribution in [0.1, 0.15) is 103 Å². The molecule has 0 saturated carbocycles. The van der Waals surface area contributed by atoms with Gasteiger partial charge in [0.15, 0.2) is 18.1 Å². The number of likely N-dealkylation sites (tertiary alicyclic amines) is 1. The second-order valence-corrected chi connectivity index (χ2v) is 17.9. The number of fused-ring (bicyclic) bond motifs is 1. The van der Waals surface area contributed by atoms with Crippen molar-refractivity contribution in [2.45, 2.75) is 89.8 Å². The number of hydrogen-bond acceptors (Lipinski definition) is 11. The first-order valence-electron chi connectivity index (χ1n) is 22.0. The van der Waals surface area contributed by atoms with E-state index in [0.29, 0.717) is 92.8 Å². The molecule has 2 fully saturated rings. The van der Waals surface area contributed by atoms with E-state index < -0.39 is 0 Å². The average molecular weight is 870 g/mol. The monoisotopic (exact) mass is 869 g/mol. The zero-order valence-corrected chi connectivity index (χ0v) is 36.9. The molecule has 2 amide bonds. The molecular formula is C48H60FN5O7S. The van der Waals surface area contributed by atoms with Crippen molar-refractivity contribution in [1.82, 2.24) is 20.1 Å². The van der Waals surface area contributed by atoms with E-state index in [4.69, 9.17) is 14.2 Å². The van der Waals surface area contributed by atoms with Crippen molar-refractivity contribution in [2.75, 3.05) is 64.5 Å². The summed E-state index contributed by atoms with van der Waals surface area (Å²) in [5.41, 5.74) is 3.70. The average Bonchev–Trinajstić information content (AvgIpc) is 3.79. The first-order valence-corrected chi connectivity index (χ1v) is 22.9. The Kier molecular flexibility index (Phi) is 15.4. The molecular weight excluding hydrogens is 810 g/mol. The van der Waals surface area contributed by atoms with Crippen molar-refractivity contribution < 1.29 is 38.1 Å². The largest absolute Gasteiger partial charge is 0.506 e. The lowest BCUT2D eigenvalue weighted by atomic mass is 9.77. The predicted octanol–water partition coefficient (Wildman–Crippen LogP) is 7.46. The van der Waals surface area contributed by atoms with Crippen LogP contribution in [0.3, 0.4) is 0 Å². The number of halogens is 1. The molecule has 12 nitrogen and oxygen atoms in total. The van der Waals surface area contributed by atoms with Gasteiger partial charge in [-0.15, -0.1) is 11.3 Å². The molecule has 7 rings (SSSR count). The molecule has 0 radical (unpaired) electrons. The molecule has 1 unspecified atom stereocenters. The maximum Gasteiger partial charge on any atom is 0.262 e. The maximum atomic E-state index is 15.8. The van der Waals surface area contributed by atoms with E-state index in [2.05, 4.69) is 34.4 Å². The fourth-order valence-corrected chi connectivity index (χ4v) is 9.60. The second kappa shape index (κ2) is 21.1. The van der Waals surface area contributed by atoms with Crippen molar-refractivity contribution in [3.05, 3.63) is 105 Å². The van der Waals surface area contributed by atoms with Crippen LogP contribution >= 0.6 is 11.3 Å². The van der Waals surface area contributed by atoms with Crippen LogP contribution in [0.25, 0.3) is 0 Å². The number of ether oxygens (including phenoxy) is 3. The molecule has 1 aromatic heterocycles. The summed E-state index contributed by atoms with van der Waals surface area (Å²) in [6, 6.07) is 18.6. The molecule has 3 aliphatic rings. The number of rotatable bonds is 19. The number of carbonyl (C=O) groups is 3. The van der Waals surface area contributed by atoms with E-state index in [0.717, 1.165) is 48.5 Å². The number of carbonyl (C=O) groups excluding carboxylic acids is 3. The number of nitrogens with zero attached hydrogens (tertiary/aromatic N) is 3. The molecule has 2 atom stereocenters. The van der Waals surface area contributed by atoms with Gasteiger partial charge in [0.1, 0.15) is 22.9 Å². The highest BCUT2D eigenvalue weighted by molar-refractivity contribution is 7.09. The van der Waals surface area contributed by atoms with Crippen molar-refractivity contribution in [3.8, 4) is 11.5 Å². The number of ketones is 1. The summed E-state index contributed by atoms with van der Waals surface area (Å²) in [5.74, 6) is 0.240. The standard InChI is InChI=1S/C48H60FN5O7S/c1-32(2)47-51-39(31-62-47)45(58)37-16-27-61-48(28-37)18-22-53(23-19-48)29-38-11-7-10-35(43(38)49)15-25-59-26-17-42(57)54(33(3)34-8-5-4-6-9-34)24-21-50-20-14-36-12-13-40(55)44-46(36)60-30-41(56)52-44/h4-13,31-33,37,50,55H,14-30H2,1-3H3,(H,52,56)/t33-,37?/m1/s1. The Morgan fingerprint density at radius 1 is 1.03 bits per heavy atom. The molecule has 4 aromatic rings. The van der Waals surface area contributed by atoms with E-state index in [1.165, 1.54) is 0 Å². The van der Waals surface area contributed by atoms with E-state index >= 15 is 4.39 Å². The number of aromatic nitrogens is 1. The van der Waals surface area contributed by atoms with Crippen molar-refractivity contribution in [2.24, 2.45) is 5.92 Å². The first kappa shape index (κ1) is 45.3.